The number of ether oxygens (including phenoxy) is 2. The van der Waals surface area contributed by atoms with Crippen molar-refractivity contribution < 1.29 is 19.3 Å². The topological polar surface area (TPSA) is 157 Å². The molecular weight excluding hydrogens is 356 g/mol. The molecule has 0 bridgehead atoms. The normalized spacial score (nSPS) is 10.4. The monoisotopic (exact) mass is 376 g/mol. The maximum atomic E-state index is 10.8. The molecule has 0 radical (unpaired) electrons. The highest BCUT2D eigenvalue weighted by atomic mass is 16.6. The van der Waals surface area contributed by atoms with Crippen molar-refractivity contribution in [3.8, 4) is 11.5 Å². The average Bonchev–Trinajstić information content (AvgIpc) is 2.63. The molecule has 0 atom stereocenters. The summed E-state index contributed by atoms with van der Waals surface area (Å²) in [5, 5.41) is 21.7. The van der Waals surface area contributed by atoms with Gasteiger partial charge in [0.05, 0.1) is 35.2 Å². The van der Waals surface area contributed by atoms with Gasteiger partial charge in [0.25, 0.3) is 11.4 Å². The molecule has 0 saturated carbocycles. The van der Waals surface area contributed by atoms with E-state index in [0.29, 0.717) is 24.7 Å². The number of hydrogen-bond acceptors (Lipinski definition) is 8. The summed E-state index contributed by atoms with van der Waals surface area (Å²) < 4.78 is 11.0. The predicted octanol–water partition coefficient (Wildman–Crippen LogP) is 3.30. The van der Waals surface area contributed by atoms with Gasteiger partial charge in [-0.15, -0.1) is 0 Å². The molecule has 0 fully saturated rings. The average molecular weight is 376 g/mol. The molecule has 0 heterocycles. The van der Waals surface area contributed by atoms with Gasteiger partial charge in [-0.25, -0.2) is 0 Å². The van der Waals surface area contributed by atoms with Gasteiger partial charge in [-0.2, -0.15) is 0 Å². The Hall–Kier alpha value is -3.56. The van der Waals surface area contributed by atoms with E-state index >= 15 is 0 Å². The van der Waals surface area contributed by atoms with Crippen LogP contribution in [0.4, 0.5) is 22.7 Å². The molecule has 144 valence electrons. The smallest absolute Gasteiger partial charge is 0.295 e. The number of nitrogens with two attached hydrogens (primary N) is 2. The molecule has 0 spiro atoms. The summed E-state index contributed by atoms with van der Waals surface area (Å²) >= 11 is 0. The largest absolute Gasteiger partial charge is 0.493 e. The lowest BCUT2D eigenvalue weighted by atomic mass is 10.2. The molecule has 0 aromatic heterocycles. The first-order valence-corrected chi connectivity index (χ1v) is 8.22. The Morgan fingerprint density at radius 2 is 1.15 bits per heavy atom. The van der Waals surface area contributed by atoms with Crippen LogP contribution in [0.3, 0.4) is 0 Å². The van der Waals surface area contributed by atoms with Crippen LogP contribution in [0, 0.1) is 20.2 Å². The number of nitro benzene ring substituents is 2. The molecule has 2 rings (SSSR count). The summed E-state index contributed by atoms with van der Waals surface area (Å²) in [5.74, 6) is 0.780. The van der Waals surface area contributed by atoms with Crippen molar-refractivity contribution in [2.75, 3.05) is 24.7 Å². The number of nitrogens with zero attached hydrogens (tertiary/aromatic N) is 2. The van der Waals surface area contributed by atoms with Crippen molar-refractivity contribution in [2.45, 2.75) is 19.3 Å². The van der Waals surface area contributed by atoms with Crippen molar-refractivity contribution in [1.82, 2.24) is 0 Å². The van der Waals surface area contributed by atoms with Crippen LogP contribution in [0.5, 0.6) is 11.5 Å². The zero-order chi connectivity index (χ0) is 19.8. The van der Waals surface area contributed by atoms with E-state index in [1.165, 1.54) is 24.3 Å². The highest BCUT2D eigenvalue weighted by Gasteiger charge is 2.13. The molecule has 0 aliphatic heterocycles. The molecule has 0 aliphatic carbocycles. The van der Waals surface area contributed by atoms with Crippen molar-refractivity contribution >= 4 is 22.7 Å². The van der Waals surface area contributed by atoms with Gasteiger partial charge in [-0.1, -0.05) is 0 Å². The molecule has 0 unspecified atom stereocenters. The van der Waals surface area contributed by atoms with E-state index in [1.807, 2.05) is 0 Å². The van der Waals surface area contributed by atoms with E-state index in [4.69, 9.17) is 20.9 Å². The van der Waals surface area contributed by atoms with Gasteiger partial charge >= 0.3 is 0 Å². The maximum absolute atomic E-state index is 10.8. The van der Waals surface area contributed by atoms with Crippen LogP contribution < -0.4 is 20.9 Å². The molecule has 10 nitrogen and oxygen atoms in total. The lowest BCUT2D eigenvalue weighted by Gasteiger charge is -2.08. The second kappa shape index (κ2) is 9.22. The van der Waals surface area contributed by atoms with Gasteiger partial charge in [0, 0.05) is 0 Å². The Bertz CT molecular complexity index is 760. The van der Waals surface area contributed by atoms with Crippen LogP contribution in [-0.4, -0.2) is 23.1 Å². The standard InChI is InChI=1S/C17H20N4O6/c18-14-6-4-12(10-16(14)20(22)23)26-8-2-1-3-9-27-13-5-7-15(19)17(11-13)21(24)25/h4-7,10-11H,1-3,8-9,18-19H2. The zero-order valence-electron chi connectivity index (χ0n) is 14.5. The number of rotatable bonds is 10. The van der Waals surface area contributed by atoms with Crippen LogP contribution in [0.25, 0.3) is 0 Å². The van der Waals surface area contributed by atoms with Crippen LogP contribution in [0.15, 0.2) is 36.4 Å². The lowest BCUT2D eigenvalue weighted by Crippen LogP contribution is -2.02. The van der Waals surface area contributed by atoms with Gasteiger partial charge < -0.3 is 20.9 Å². The minimum absolute atomic E-state index is 0.0902. The first-order chi connectivity index (χ1) is 12.9. The third-order valence-corrected chi connectivity index (χ3v) is 3.72. The number of nitro groups is 2. The van der Waals surface area contributed by atoms with Crippen molar-refractivity contribution in [1.29, 1.82) is 0 Å². The summed E-state index contributed by atoms with van der Waals surface area (Å²) in [6, 6.07) is 8.64. The minimum atomic E-state index is -0.554. The number of unbranched alkanes of at least 4 members (excludes halogenated alkanes) is 2. The Labute approximate surface area is 155 Å². The van der Waals surface area contributed by atoms with Gasteiger partial charge in [0.15, 0.2) is 0 Å². The SMILES string of the molecule is Nc1ccc(OCCCCCOc2ccc(N)c([N+](=O)[O-])c2)cc1[N+](=O)[O-]. The Kier molecular flexibility index (Phi) is 6.75. The van der Waals surface area contributed by atoms with Crippen LogP contribution >= 0.6 is 0 Å². The number of anilines is 2. The van der Waals surface area contributed by atoms with E-state index in [2.05, 4.69) is 0 Å². The van der Waals surface area contributed by atoms with Crippen LogP contribution in [0.1, 0.15) is 19.3 Å². The highest BCUT2D eigenvalue weighted by molar-refractivity contribution is 5.61. The van der Waals surface area contributed by atoms with E-state index in [0.717, 1.165) is 19.3 Å². The molecule has 0 aliphatic rings. The van der Waals surface area contributed by atoms with Crippen molar-refractivity contribution in [3.05, 3.63) is 56.6 Å². The second-order valence-electron chi connectivity index (χ2n) is 5.71. The van der Waals surface area contributed by atoms with Crippen LogP contribution in [0.2, 0.25) is 0 Å². The summed E-state index contributed by atoms with van der Waals surface area (Å²) in [6.07, 6.45) is 2.25. The Morgan fingerprint density at radius 3 is 1.52 bits per heavy atom. The summed E-state index contributed by atoms with van der Waals surface area (Å²) in [7, 11) is 0. The Morgan fingerprint density at radius 1 is 0.741 bits per heavy atom. The first kappa shape index (κ1) is 19.8. The van der Waals surface area contributed by atoms with Gasteiger partial charge in [0.1, 0.15) is 22.9 Å². The Balaban J connectivity index is 1.68. The van der Waals surface area contributed by atoms with Gasteiger partial charge in [-0.05, 0) is 43.5 Å². The molecule has 27 heavy (non-hydrogen) atoms. The zero-order valence-corrected chi connectivity index (χ0v) is 14.5. The summed E-state index contributed by atoms with van der Waals surface area (Å²) in [5.41, 5.74) is 10.9. The van der Waals surface area contributed by atoms with Crippen molar-refractivity contribution in [3.63, 3.8) is 0 Å². The summed E-state index contributed by atoms with van der Waals surface area (Å²) in [6.45, 7) is 0.794. The predicted molar refractivity (Wildman–Crippen MR) is 99.9 cm³/mol. The van der Waals surface area contributed by atoms with Gasteiger partial charge in [-0.3, -0.25) is 20.2 Å². The fourth-order valence-electron chi connectivity index (χ4n) is 2.30. The number of nitrogen functional groups attached to an aromatic ring is 2. The molecule has 10 heteroatoms. The number of hydrogen-bond donors (Lipinski definition) is 2. The molecule has 0 saturated heterocycles. The van der Waals surface area contributed by atoms with Gasteiger partial charge in [0.2, 0.25) is 0 Å². The fourth-order valence-corrected chi connectivity index (χ4v) is 2.30. The number of benzene rings is 2. The molecular formula is C17H20N4O6. The minimum Gasteiger partial charge on any atom is -0.493 e. The van der Waals surface area contributed by atoms with Crippen molar-refractivity contribution in [2.24, 2.45) is 0 Å². The van der Waals surface area contributed by atoms with E-state index in [-0.39, 0.29) is 22.7 Å². The second-order valence-corrected chi connectivity index (χ2v) is 5.71. The molecule has 2 aromatic carbocycles. The van der Waals surface area contributed by atoms with E-state index < -0.39 is 9.85 Å². The molecule has 0 amide bonds. The fraction of sp³-hybridized carbons (Fsp3) is 0.294. The summed E-state index contributed by atoms with van der Waals surface area (Å²) in [4.78, 5) is 20.5. The third-order valence-electron chi connectivity index (χ3n) is 3.72. The maximum Gasteiger partial charge on any atom is 0.295 e. The molecule has 4 N–H and O–H groups in total. The highest BCUT2D eigenvalue weighted by Crippen LogP contribution is 2.27. The van der Waals surface area contributed by atoms with Crippen LogP contribution in [-0.2, 0) is 0 Å². The van der Waals surface area contributed by atoms with E-state index in [1.54, 1.807) is 12.1 Å². The quantitative estimate of drug-likeness (QED) is 0.277. The van der Waals surface area contributed by atoms with E-state index in [9.17, 15) is 20.2 Å². The third kappa shape index (κ3) is 5.73. The first-order valence-electron chi connectivity index (χ1n) is 8.22. The molecule has 2 aromatic rings. The lowest BCUT2D eigenvalue weighted by molar-refractivity contribution is -0.384.